The van der Waals surface area contributed by atoms with Crippen LogP contribution in [0.1, 0.15) is 15.9 Å². The van der Waals surface area contributed by atoms with Crippen molar-refractivity contribution in [2.75, 3.05) is 20.2 Å². The number of nitrogens with zero attached hydrogens (tertiary/aromatic N) is 2. The smallest absolute Gasteiger partial charge is 0.416 e. The third-order valence-electron chi connectivity index (χ3n) is 3.89. The van der Waals surface area contributed by atoms with Crippen LogP contribution in [0.15, 0.2) is 41.0 Å². The monoisotopic (exact) mass is 430 g/mol. The molecule has 138 valence electrons. The predicted molar refractivity (Wildman–Crippen MR) is 90.3 cm³/mol. The van der Waals surface area contributed by atoms with Crippen LogP contribution in [-0.4, -0.2) is 42.1 Å². The molecule has 1 amide bonds. The Labute approximate surface area is 155 Å². The van der Waals surface area contributed by atoms with E-state index in [1.54, 1.807) is 18.2 Å². The molecule has 0 radical (unpaired) electrons. The predicted octanol–water partition coefficient (Wildman–Crippen LogP) is 3.77. The van der Waals surface area contributed by atoms with Gasteiger partial charge in [0.05, 0.1) is 31.3 Å². The lowest BCUT2D eigenvalue weighted by Gasteiger charge is -2.38. The summed E-state index contributed by atoms with van der Waals surface area (Å²) in [7, 11) is 1.51. The largest absolute Gasteiger partial charge is 0.497 e. The number of alkyl halides is 3. The molecule has 1 aromatic carbocycles. The molecule has 1 aliphatic rings. The van der Waals surface area contributed by atoms with Crippen molar-refractivity contribution in [3.8, 4) is 11.6 Å². The lowest BCUT2D eigenvalue weighted by Crippen LogP contribution is -2.56. The maximum Gasteiger partial charge on any atom is 0.416 e. The van der Waals surface area contributed by atoms with E-state index in [0.29, 0.717) is 15.8 Å². The van der Waals surface area contributed by atoms with Crippen molar-refractivity contribution < 1.29 is 27.4 Å². The van der Waals surface area contributed by atoms with Crippen LogP contribution in [0.4, 0.5) is 13.2 Å². The Hall–Kier alpha value is -2.29. The van der Waals surface area contributed by atoms with E-state index >= 15 is 0 Å². The number of ether oxygens (including phenoxy) is 2. The summed E-state index contributed by atoms with van der Waals surface area (Å²) in [6.07, 6.45) is -3.81. The van der Waals surface area contributed by atoms with E-state index in [1.165, 1.54) is 12.0 Å². The fourth-order valence-corrected chi connectivity index (χ4v) is 2.88. The van der Waals surface area contributed by atoms with Crippen molar-refractivity contribution in [1.29, 1.82) is 0 Å². The van der Waals surface area contributed by atoms with Crippen molar-refractivity contribution in [3.05, 3.63) is 52.1 Å². The molecule has 2 heterocycles. The third-order valence-corrected chi connectivity index (χ3v) is 4.58. The first-order valence-electron chi connectivity index (χ1n) is 7.60. The number of hydrogen-bond acceptors (Lipinski definition) is 4. The molecule has 9 heteroatoms. The van der Waals surface area contributed by atoms with Crippen LogP contribution in [0.3, 0.4) is 0 Å². The normalized spacial score (nSPS) is 14.7. The van der Waals surface area contributed by atoms with Gasteiger partial charge in [-0.2, -0.15) is 13.2 Å². The topological polar surface area (TPSA) is 51.7 Å². The molecule has 3 rings (SSSR count). The fourth-order valence-electron chi connectivity index (χ4n) is 2.47. The van der Waals surface area contributed by atoms with Crippen LogP contribution in [0.2, 0.25) is 0 Å². The average molecular weight is 431 g/mol. The zero-order chi connectivity index (χ0) is 18.9. The molecule has 2 aromatic rings. The minimum absolute atomic E-state index is 0.112. The van der Waals surface area contributed by atoms with Gasteiger partial charge in [0.25, 0.3) is 5.91 Å². The second-order valence-electron chi connectivity index (χ2n) is 5.68. The summed E-state index contributed by atoms with van der Waals surface area (Å²) in [5.74, 6) is 0.227. The minimum atomic E-state index is -4.46. The lowest BCUT2D eigenvalue weighted by molar-refractivity contribution is -0.137. The number of aromatic nitrogens is 1. The molecule has 1 fully saturated rings. The Morgan fingerprint density at radius 2 is 2.00 bits per heavy atom. The number of hydrogen-bond donors (Lipinski definition) is 0. The van der Waals surface area contributed by atoms with Crippen molar-refractivity contribution in [3.63, 3.8) is 0 Å². The van der Waals surface area contributed by atoms with Gasteiger partial charge in [-0.1, -0.05) is 0 Å². The number of pyridine rings is 1. The molecular formula is C17H14BrF3N2O3. The minimum Gasteiger partial charge on any atom is -0.497 e. The van der Waals surface area contributed by atoms with Gasteiger partial charge in [-0.25, -0.2) is 4.98 Å². The van der Waals surface area contributed by atoms with Crippen LogP contribution in [0, 0.1) is 0 Å². The van der Waals surface area contributed by atoms with E-state index in [2.05, 4.69) is 20.9 Å². The summed E-state index contributed by atoms with van der Waals surface area (Å²) >= 11 is 3.33. The number of methoxy groups -OCH3 is 1. The van der Waals surface area contributed by atoms with Crippen LogP contribution in [0.25, 0.3) is 0 Å². The first-order chi connectivity index (χ1) is 12.3. The van der Waals surface area contributed by atoms with Gasteiger partial charge in [0, 0.05) is 16.7 Å². The van der Waals surface area contributed by atoms with Gasteiger partial charge in [0.15, 0.2) is 0 Å². The molecule has 0 spiro atoms. The van der Waals surface area contributed by atoms with Crippen molar-refractivity contribution >= 4 is 21.8 Å². The summed E-state index contributed by atoms with van der Waals surface area (Å²) in [5.41, 5.74) is -0.380. The highest BCUT2D eigenvalue weighted by Gasteiger charge is 2.35. The first-order valence-corrected chi connectivity index (χ1v) is 8.40. The Bertz CT molecular complexity index is 823. The molecular weight excluding hydrogens is 417 g/mol. The second kappa shape index (κ2) is 7.14. The van der Waals surface area contributed by atoms with Crippen LogP contribution in [-0.2, 0) is 6.18 Å². The first kappa shape index (κ1) is 18.5. The van der Waals surface area contributed by atoms with Gasteiger partial charge in [-0.15, -0.1) is 0 Å². The molecule has 0 atom stereocenters. The number of rotatable bonds is 4. The zero-order valence-electron chi connectivity index (χ0n) is 13.6. The molecule has 0 saturated carbocycles. The SMILES string of the molecule is COc1ccc(Br)c(C(=O)N2CC(Oc3cc(C(F)(F)F)ccn3)C2)c1. The molecule has 0 unspecified atom stereocenters. The third kappa shape index (κ3) is 3.92. The van der Waals surface area contributed by atoms with Gasteiger partial charge in [0.1, 0.15) is 11.9 Å². The van der Waals surface area contributed by atoms with E-state index in [9.17, 15) is 18.0 Å². The zero-order valence-corrected chi connectivity index (χ0v) is 15.2. The van der Waals surface area contributed by atoms with Crippen molar-refractivity contribution in [2.45, 2.75) is 12.3 Å². The molecule has 1 aromatic heterocycles. The molecule has 5 nitrogen and oxygen atoms in total. The Balaban J connectivity index is 1.62. The lowest BCUT2D eigenvalue weighted by atomic mass is 10.1. The van der Waals surface area contributed by atoms with Crippen molar-refractivity contribution in [2.24, 2.45) is 0 Å². The van der Waals surface area contributed by atoms with Gasteiger partial charge >= 0.3 is 6.18 Å². The quantitative estimate of drug-likeness (QED) is 0.740. The van der Waals surface area contributed by atoms with Gasteiger partial charge < -0.3 is 14.4 Å². The standard InChI is InChI=1S/C17H14BrF3N2O3/c1-25-11-2-3-14(18)13(7-11)16(24)23-8-12(9-23)26-15-6-10(4-5-22-15)17(19,20)21/h2-7,12H,8-9H2,1H3. The Kier molecular flexibility index (Phi) is 5.08. The number of likely N-dealkylation sites (tertiary alicyclic amines) is 1. The fraction of sp³-hybridized carbons (Fsp3) is 0.294. The molecule has 1 aliphatic heterocycles. The molecule has 0 aliphatic carbocycles. The highest BCUT2D eigenvalue weighted by Crippen LogP contribution is 2.31. The maximum absolute atomic E-state index is 12.7. The highest BCUT2D eigenvalue weighted by atomic mass is 79.9. The molecule has 0 bridgehead atoms. The Morgan fingerprint density at radius 3 is 2.65 bits per heavy atom. The van der Waals surface area contributed by atoms with E-state index in [-0.39, 0.29) is 24.9 Å². The molecule has 0 N–H and O–H groups in total. The van der Waals surface area contributed by atoms with Crippen molar-refractivity contribution in [1.82, 2.24) is 9.88 Å². The van der Waals surface area contributed by atoms with Gasteiger partial charge in [-0.3, -0.25) is 4.79 Å². The van der Waals surface area contributed by atoms with E-state index in [1.807, 2.05) is 0 Å². The average Bonchev–Trinajstić information content (AvgIpc) is 2.57. The summed E-state index contributed by atoms with van der Waals surface area (Å²) in [6.45, 7) is 0.529. The van der Waals surface area contributed by atoms with Gasteiger partial charge in [0.2, 0.25) is 5.88 Å². The van der Waals surface area contributed by atoms with E-state index < -0.39 is 17.8 Å². The Morgan fingerprint density at radius 1 is 1.27 bits per heavy atom. The van der Waals surface area contributed by atoms with Gasteiger partial charge in [-0.05, 0) is 40.2 Å². The second-order valence-corrected chi connectivity index (χ2v) is 6.53. The summed E-state index contributed by atoms with van der Waals surface area (Å²) in [5, 5.41) is 0. The number of benzene rings is 1. The summed E-state index contributed by atoms with van der Waals surface area (Å²) < 4.78 is 49.3. The maximum atomic E-state index is 12.7. The summed E-state index contributed by atoms with van der Waals surface area (Å²) in [6, 6.07) is 6.79. The highest BCUT2D eigenvalue weighted by molar-refractivity contribution is 9.10. The van der Waals surface area contributed by atoms with Crippen LogP contribution in [0.5, 0.6) is 11.6 Å². The van der Waals surface area contributed by atoms with Crippen LogP contribution >= 0.6 is 15.9 Å². The number of carbonyl (C=O) groups is 1. The molecule has 1 saturated heterocycles. The molecule has 26 heavy (non-hydrogen) atoms. The van der Waals surface area contributed by atoms with E-state index in [4.69, 9.17) is 9.47 Å². The number of amides is 1. The van der Waals surface area contributed by atoms with E-state index in [0.717, 1.165) is 18.3 Å². The number of carbonyl (C=O) groups excluding carboxylic acids is 1. The van der Waals surface area contributed by atoms with Crippen LogP contribution < -0.4 is 9.47 Å². The summed E-state index contributed by atoms with van der Waals surface area (Å²) in [4.78, 5) is 17.8. The number of halogens is 4.